The second-order valence-corrected chi connectivity index (χ2v) is 11.0. The van der Waals surface area contributed by atoms with E-state index in [1.165, 1.54) is 4.90 Å². The highest BCUT2D eigenvalue weighted by Crippen LogP contribution is 2.43. The Labute approximate surface area is 236 Å². The molecule has 1 fully saturated rings. The van der Waals surface area contributed by atoms with Gasteiger partial charge in [0.05, 0.1) is 35.6 Å². The molecule has 2 aliphatic rings. The molecule has 1 aromatic heterocycles. The summed E-state index contributed by atoms with van der Waals surface area (Å²) in [4.78, 5) is 31.9. The monoisotopic (exact) mass is 555 g/mol. The van der Waals surface area contributed by atoms with Crippen LogP contribution in [0.3, 0.4) is 0 Å². The fourth-order valence-corrected chi connectivity index (χ4v) is 6.29. The quantitative estimate of drug-likeness (QED) is 0.244. The van der Waals surface area contributed by atoms with Crippen LogP contribution in [0.15, 0.2) is 90.3 Å². The summed E-state index contributed by atoms with van der Waals surface area (Å²) in [6.45, 7) is 2.08. The zero-order chi connectivity index (χ0) is 27.8. The molecule has 0 radical (unpaired) electrons. The summed E-state index contributed by atoms with van der Waals surface area (Å²) in [5.74, 6) is -0.00985. The normalized spacial score (nSPS) is 22.5. The topological polar surface area (TPSA) is 93.9 Å². The average Bonchev–Trinajstić information content (AvgIpc) is 3.51. The van der Waals surface area contributed by atoms with Crippen molar-refractivity contribution in [2.75, 3.05) is 10.7 Å². The van der Waals surface area contributed by atoms with Gasteiger partial charge in [0.25, 0.3) is 11.8 Å². The molecule has 3 aromatic carbocycles. The predicted molar refractivity (Wildman–Crippen MR) is 151 cm³/mol. The number of carbonyl (C=O) groups excluding carboxylic acids is 2. The standard InChI is InChI=1S/C31H29N3O5S/c1-19-26(18-40-31-32-14-15-33(31)2)38-30(39-27(19)21-12-10-20(17-35)11-13-21)22-6-5-7-23(16-22)34-28(36)24-8-3-4-9-25(24)29(34)37/h3-16,19,26-27,30,35H,17-18H2,1-2H3/t19-,26+,27+,30+/m1/s1. The third-order valence-electron chi connectivity index (χ3n) is 7.47. The first kappa shape index (κ1) is 26.5. The molecule has 0 aliphatic carbocycles. The Bertz CT molecular complexity index is 1520. The Morgan fingerprint density at radius 3 is 2.30 bits per heavy atom. The molecule has 4 atom stereocenters. The number of imide groups is 1. The van der Waals surface area contributed by atoms with Crippen molar-refractivity contribution in [1.82, 2.24) is 9.55 Å². The maximum atomic E-state index is 13.1. The van der Waals surface area contributed by atoms with Crippen LogP contribution in [0.1, 0.15) is 56.7 Å². The number of ether oxygens (including phenoxy) is 2. The van der Waals surface area contributed by atoms with Crippen molar-refractivity contribution in [3.8, 4) is 0 Å². The maximum absolute atomic E-state index is 13.1. The summed E-state index contributed by atoms with van der Waals surface area (Å²) >= 11 is 1.62. The number of aryl methyl sites for hydroxylation is 1. The molecule has 0 bridgehead atoms. The third-order valence-corrected chi connectivity index (χ3v) is 8.62. The number of hydrogen-bond acceptors (Lipinski definition) is 7. The molecule has 204 valence electrons. The number of imidazole rings is 1. The van der Waals surface area contributed by atoms with E-state index in [4.69, 9.17) is 9.47 Å². The number of benzene rings is 3. The zero-order valence-corrected chi connectivity index (χ0v) is 23.0. The van der Waals surface area contributed by atoms with Gasteiger partial charge in [-0.15, -0.1) is 0 Å². The SMILES string of the molecule is C[C@@H]1[C@H](CSc2nccn2C)O[C@H](c2cccc(N3C(=O)c4ccccc4C3=O)c2)O[C@@H]1c1ccc(CO)cc1. The first-order valence-corrected chi connectivity index (χ1v) is 14.1. The lowest BCUT2D eigenvalue weighted by atomic mass is 9.91. The van der Waals surface area contributed by atoms with E-state index in [9.17, 15) is 14.7 Å². The van der Waals surface area contributed by atoms with Gasteiger partial charge in [0.15, 0.2) is 11.4 Å². The highest BCUT2D eigenvalue weighted by Gasteiger charge is 2.40. The van der Waals surface area contributed by atoms with E-state index in [-0.39, 0.29) is 36.5 Å². The maximum Gasteiger partial charge on any atom is 0.266 e. The fraction of sp³-hybridized carbons (Fsp3) is 0.258. The molecule has 2 aliphatic heterocycles. The first-order chi connectivity index (χ1) is 19.4. The molecule has 0 spiro atoms. The number of hydrogen-bond donors (Lipinski definition) is 1. The molecule has 1 N–H and O–H groups in total. The first-order valence-electron chi connectivity index (χ1n) is 13.1. The number of thioether (sulfide) groups is 1. The minimum Gasteiger partial charge on any atom is -0.392 e. The molecule has 1 saturated heterocycles. The van der Waals surface area contributed by atoms with Crippen LogP contribution in [0.2, 0.25) is 0 Å². The van der Waals surface area contributed by atoms with Crippen LogP contribution in [0, 0.1) is 5.92 Å². The number of aliphatic hydroxyl groups is 1. The Balaban J connectivity index is 1.30. The Hall–Kier alpha value is -3.76. The lowest BCUT2D eigenvalue weighted by Gasteiger charge is -2.41. The molecule has 2 amide bonds. The Morgan fingerprint density at radius 2 is 1.65 bits per heavy atom. The van der Waals surface area contributed by atoms with Crippen molar-refractivity contribution in [3.63, 3.8) is 0 Å². The van der Waals surface area contributed by atoms with Gasteiger partial charge in [0.2, 0.25) is 0 Å². The summed E-state index contributed by atoms with van der Waals surface area (Å²) in [7, 11) is 1.96. The van der Waals surface area contributed by atoms with Crippen molar-refractivity contribution in [1.29, 1.82) is 0 Å². The highest BCUT2D eigenvalue weighted by molar-refractivity contribution is 7.99. The van der Waals surface area contributed by atoms with Gasteiger partial charge >= 0.3 is 0 Å². The van der Waals surface area contributed by atoms with E-state index in [1.807, 2.05) is 54.2 Å². The summed E-state index contributed by atoms with van der Waals surface area (Å²) in [6.07, 6.45) is 2.51. The lowest BCUT2D eigenvalue weighted by molar-refractivity contribution is -0.268. The molecule has 6 rings (SSSR count). The number of aromatic nitrogens is 2. The second kappa shape index (κ2) is 11.0. The van der Waals surface area contributed by atoms with E-state index >= 15 is 0 Å². The summed E-state index contributed by atoms with van der Waals surface area (Å²) in [5, 5.41) is 10.4. The minimum atomic E-state index is -0.721. The van der Waals surface area contributed by atoms with Gasteiger partial charge in [-0.25, -0.2) is 9.88 Å². The van der Waals surface area contributed by atoms with Crippen LogP contribution >= 0.6 is 11.8 Å². The van der Waals surface area contributed by atoms with Gasteiger partial charge in [0, 0.05) is 36.7 Å². The third kappa shape index (κ3) is 4.86. The summed E-state index contributed by atoms with van der Waals surface area (Å²) in [5.41, 5.74) is 3.79. The Kier molecular flexibility index (Phi) is 7.29. The number of nitrogens with zero attached hydrogens (tertiary/aromatic N) is 3. The molecule has 9 heteroatoms. The van der Waals surface area contributed by atoms with Gasteiger partial charge in [0.1, 0.15) is 0 Å². The number of rotatable bonds is 7. The van der Waals surface area contributed by atoms with Crippen LogP contribution < -0.4 is 4.90 Å². The lowest BCUT2D eigenvalue weighted by Crippen LogP contribution is -2.38. The van der Waals surface area contributed by atoms with Crippen molar-refractivity contribution >= 4 is 29.3 Å². The number of anilines is 1. The van der Waals surface area contributed by atoms with Crippen molar-refractivity contribution in [3.05, 3.63) is 113 Å². The van der Waals surface area contributed by atoms with E-state index in [1.54, 1.807) is 54.4 Å². The van der Waals surface area contributed by atoms with Crippen LogP contribution in [-0.2, 0) is 23.1 Å². The number of carbonyl (C=O) groups is 2. The summed E-state index contributed by atoms with van der Waals surface area (Å²) < 4.78 is 15.1. The number of amides is 2. The zero-order valence-electron chi connectivity index (χ0n) is 22.1. The molecule has 40 heavy (non-hydrogen) atoms. The molecule has 0 saturated carbocycles. The largest absolute Gasteiger partial charge is 0.392 e. The van der Waals surface area contributed by atoms with E-state index in [0.29, 0.717) is 28.1 Å². The van der Waals surface area contributed by atoms with Gasteiger partial charge in [-0.3, -0.25) is 9.59 Å². The molecular formula is C31H29N3O5S. The van der Waals surface area contributed by atoms with Gasteiger partial charge in [-0.1, -0.05) is 67.2 Å². The van der Waals surface area contributed by atoms with Crippen LogP contribution in [-0.4, -0.2) is 38.3 Å². The highest BCUT2D eigenvalue weighted by atomic mass is 32.2. The van der Waals surface area contributed by atoms with E-state index in [2.05, 4.69) is 11.9 Å². The van der Waals surface area contributed by atoms with Crippen molar-refractivity contribution < 1.29 is 24.2 Å². The minimum absolute atomic E-state index is 0.0171. The molecule has 4 aromatic rings. The van der Waals surface area contributed by atoms with Gasteiger partial charge in [-0.2, -0.15) is 0 Å². The van der Waals surface area contributed by atoms with Gasteiger partial charge < -0.3 is 19.1 Å². The number of fused-ring (bicyclic) bond motifs is 1. The van der Waals surface area contributed by atoms with Gasteiger partial charge in [-0.05, 0) is 35.4 Å². The summed E-state index contributed by atoms with van der Waals surface area (Å²) in [6, 6.07) is 21.8. The smallest absolute Gasteiger partial charge is 0.266 e. The fourth-order valence-electron chi connectivity index (χ4n) is 5.19. The van der Waals surface area contributed by atoms with Crippen LogP contribution in [0.4, 0.5) is 5.69 Å². The van der Waals surface area contributed by atoms with Crippen LogP contribution in [0.5, 0.6) is 0 Å². The van der Waals surface area contributed by atoms with Crippen molar-refractivity contribution in [2.45, 2.75) is 37.2 Å². The van der Waals surface area contributed by atoms with Crippen LogP contribution in [0.25, 0.3) is 0 Å². The number of aliphatic hydroxyl groups excluding tert-OH is 1. The van der Waals surface area contributed by atoms with E-state index in [0.717, 1.165) is 16.3 Å². The molecule has 8 nitrogen and oxygen atoms in total. The molecule has 3 heterocycles. The second-order valence-electron chi connectivity index (χ2n) is 10.0. The Morgan fingerprint density at radius 1 is 0.925 bits per heavy atom. The molecule has 0 unspecified atom stereocenters. The average molecular weight is 556 g/mol. The molecular weight excluding hydrogens is 526 g/mol. The van der Waals surface area contributed by atoms with Crippen molar-refractivity contribution in [2.24, 2.45) is 13.0 Å². The predicted octanol–water partition coefficient (Wildman–Crippen LogP) is 5.30. The van der Waals surface area contributed by atoms with E-state index < -0.39 is 6.29 Å².